The van der Waals surface area contributed by atoms with Gasteiger partial charge in [0.15, 0.2) is 0 Å². The molecule has 138 valence electrons. The van der Waals surface area contributed by atoms with E-state index in [9.17, 15) is 13.2 Å². The highest BCUT2D eigenvalue weighted by Crippen LogP contribution is 2.19. The molecule has 1 saturated heterocycles. The summed E-state index contributed by atoms with van der Waals surface area (Å²) >= 11 is 0. The van der Waals surface area contributed by atoms with Crippen LogP contribution in [0.1, 0.15) is 35.1 Å². The topological polar surface area (TPSA) is 66.5 Å². The van der Waals surface area contributed by atoms with Gasteiger partial charge in [-0.15, -0.1) is 0 Å². The first-order chi connectivity index (χ1) is 12.4. The monoisotopic (exact) mass is 372 g/mol. The predicted molar refractivity (Wildman–Crippen MR) is 101 cm³/mol. The van der Waals surface area contributed by atoms with Crippen LogP contribution in [0.5, 0.6) is 0 Å². The number of hydrogen-bond donors (Lipinski definition) is 1. The number of benzene rings is 2. The van der Waals surface area contributed by atoms with Crippen molar-refractivity contribution in [1.82, 2.24) is 9.62 Å². The largest absolute Gasteiger partial charge is 0.338 e. The smallest absolute Gasteiger partial charge is 0.241 e. The fraction of sp³-hybridized carbons (Fsp3) is 0.350. The molecule has 0 spiro atoms. The molecule has 0 unspecified atom stereocenters. The van der Waals surface area contributed by atoms with Gasteiger partial charge in [0, 0.05) is 26.1 Å². The van der Waals surface area contributed by atoms with Crippen molar-refractivity contribution >= 4 is 15.9 Å². The number of nitrogens with zero attached hydrogens (tertiary/aromatic N) is 1. The van der Waals surface area contributed by atoms with Gasteiger partial charge in [0.25, 0.3) is 0 Å². The van der Waals surface area contributed by atoms with Crippen LogP contribution in [0.15, 0.2) is 47.4 Å². The van der Waals surface area contributed by atoms with E-state index in [4.69, 9.17) is 0 Å². The number of hydrogen-bond acceptors (Lipinski definition) is 3. The summed E-state index contributed by atoms with van der Waals surface area (Å²) in [5.74, 6) is 0.163. The van der Waals surface area contributed by atoms with E-state index in [1.54, 1.807) is 13.0 Å². The van der Waals surface area contributed by atoms with Crippen LogP contribution >= 0.6 is 0 Å². The zero-order chi connectivity index (χ0) is 18.7. The van der Waals surface area contributed by atoms with E-state index in [-0.39, 0.29) is 12.5 Å². The Balaban J connectivity index is 1.77. The SMILES string of the molecule is Cc1ccc(C)c(S(=O)(=O)NCc2ccccc2CN2CCCC2=O)c1. The minimum atomic E-state index is -3.60. The molecule has 6 heteroatoms. The first-order valence-electron chi connectivity index (χ1n) is 8.78. The lowest BCUT2D eigenvalue weighted by Crippen LogP contribution is -2.27. The van der Waals surface area contributed by atoms with E-state index in [2.05, 4.69) is 4.72 Å². The second-order valence-electron chi connectivity index (χ2n) is 6.78. The Morgan fingerprint density at radius 2 is 1.81 bits per heavy atom. The minimum absolute atomic E-state index is 0.163. The number of nitrogens with one attached hydrogen (secondary N) is 1. The molecule has 1 N–H and O–H groups in total. The van der Waals surface area contributed by atoms with Gasteiger partial charge in [0.05, 0.1) is 4.90 Å². The normalized spacial score (nSPS) is 14.8. The van der Waals surface area contributed by atoms with Gasteiger partial charge in [-0.25, -0.2) is 13.1 Å². The van der Waals surface area contributed by atoms with Crippen molar-refractivity contribution in [3.63, 3.8) is 0 Å². The van der Waals surface area contributed by atoms with Crippen LogP contribution in [0.25, 0.3) is 0 Å². The molecule has 0 bridgehead atoms. The Bertz CT molecular complexity index is 922. The molecule has 1 amide bonds. The van der Waals surface area contributed by atoms with Gasteiger partial charge in [-0.2, -0.15) is 0 Å². The van der Waals surface area contributed by atoms with Crippen LogP contribution < -0.4 is 4.72 Å². The van der Waals surface area contributed by atoms with E-state index in [0.29, 0.717) is 17.9 Å². The molecule has 1 heterocycles. The Labute approximate surface area is 155 Å². The highest BCUT2D eigenvalue weighted by molar-refractivity contribution is 7.89. The zero-order valence-corrected chi connectivity index (χ0v) is 16.0. The van der Waals surface area contributed by atoms with Crippen LogP contribution in [-0.4, -0.2) is 25.8 Å². The molecule has 0 saturated carbocycles. The summed E-state index contributed by atoms with van der Waals surface area (Å²) in [5.41, 5.74) is 3.50. The zero-order valence-electron chi connectivity index (χ0n) is 15.2. The summed E-state index contributed by atoms with van der Waals surface area (Å²) in [5, 5.41) is 0. The van der Waals surface area contributed by atoms with Crippen molar-refractivity contribution in [2.45, 2.75) is 44.7 Å². The Morgan fingerprint density at radius 1 is 1.08 bits per heavy atom. The van der Waals surface area contributed by atoms with E-state index < -0.39 is 10.0 Å². The Kier molecular flexibility index (Phi) is 5.44. The van der Waals surface area contributed by atoms with Crippen molar-refractivity contribution in [1.29, 1.82) is 0 Å². The fourth-order valence-corrected chi connectivity index (χ4v) is 4.54. The maximum Gasteiger partial charge on any atom is 0.241 e. The minimum Gasteiger partial charge on any atom is -0.338 e. The second-order valence-corrected chi connectivity index (χ2v) is 8.52. The lowest BCUT2D eigenvalue weighted by Gasteiger charge is -2.18. The Morgan fingerprint density at radius 3 is 2.50 bits per heavy atom. The number of amides is 1. The first kappa shape index (κ1) is 18.6. The standard InChI is InChI=1S/C20H24N2O3S/c1-15-9-10-16(2)19(12-15)26(24,25)21-13-17-6-3-4-7-18(17)14-22-11-5-8-20(22)23/h3-4,6-7,9-10,12,21H,5,8,11,13-14H2,1-2H3. The molecule has 3 rings (SSSR count). The third-order valence-corrected chi connectivity index (χ3v) is 6.28. The van der Waals surface area contributed by atoms with E-state index >= 15 is 0 Å². The number of aryl methyl sites for hydroxylation is 2. The lowest BCUT2D eigenvalue weighted by atomic mass is 10.1. The summed E-state index contributed by atoms with van der Waals surface area (Å²) in [6.07, 6.45) is 1.49. The van der Waals surface area contributed by atoms with Gasteiger partial charge in [0.1, 0.15) is 0 Å². The van der Waals surface area contributed by atoms with Crippen molar-refractivity contribution in [3.05, 3.63) is 64.7 Å². The van der Waals surface area contributed by atoms with E-state index in [0.717, 1.165) is 35.2 Å². The van der Waals surface area contributed by atoms with Crippen LogP contribution in [0.4, 0.5) is 0 Å². The van der Waals surface area contributed by atoms with Gasteiger partial charge in [-0.05, 0) is 48.6 Å². The molecule has 0 aromatic heterocycles. The third-order valence-electron chi connectivity index (χ3n) is 4.74. The molecule has 1 aliphatic heterocycles. The molecule has 5 nitrogen and oxygen atoms in total. The van der Waals surface area contributed by atoms with Gasteiger partial charge in [-0.1, -0.05) is 36.4 Å². The molecule has 2 aromatic carbocycles. The van der Waals surface area contributed by atoms with Crippen LogP contribution in [0.2, 0.25) is 0 Å². The number of carbonyl (C=O) groups excluding carboxylic acids is 1. The number of rotatable bonds is 6. The molecule has 26 heavy (non-hydrogen) atoms. The summed E-state index contributed by atoms with van der Waals surface area (Å²) in [6, 6.07) is 13.1. The van der Waals surface area contributed by atoms with Crippen LogP contribution in [0, 0.1) is 13.8 Å². The lowest BCUT2D eigenvalue weighted by molar-refractivity contribution is -0.128. The molecule has 1 aliphatic rings. The van der Waals surface area contributed by atoms with Crippen LogP contribution in [-0.2, 0) is 27.9 Å². The van der Waals surface area contributed by atoms with Gasteiger partial charge < -0.3 is 4.90 Å². The summed E-state index contributed by atoms with van der Waals surface area (Å²) in [7, 11) is -3.60. The quantitative estimate of drug-likeness (QED) is 0.848. The second kappa shape index (κ2) is 7.60. The third kappa shape index (κ3) is 4.14. The number of carbonyl (C=O) groups is 1. The summed E-state index contributed by atoms with van der Waals surface area (Å²) in [6.45, 7) is 5.16. The van der Waals surface area contributed by atoms with E-state index in [1.165, 1.54) is 0 Å². The van der Waals surface area contributed by atoms with Gasteiger partial charge in [-0.3, -0.25) is 4.79 Å². The maximum absolute atomic E-state index is 12.7. The molecule has 2 aromatic rings. The molecular formula is C20H24N2O3S. The maximum atomic E-state index is 12.7. The molecular weight excluding hydrogens is 348 g/mol. The molecule has 0 radical (unpaired) electrons. The Hall–Kier alpha value is -2.18. The number of likely N-dealkylation sites (tertiary alicyclic amines) is 1. The summed E-state index contributed by atoms with van der Waals surface area (Å²) in [4.78, 5) is 14.0. The van der Waals surface area contributed by atoms with E-state index in [1.807, 2.05) is 48.2 Å². The highest BCUT2D eigenvalue weighted by Gasteiger charge is 2.22. The predicted octanol–water partition coefficient (Wildman–Crippen LogP) is 2.90. The average Bonchev–Trinajstić information content (AvgIpc) is 3.01. The van der Waals surface area contributed by atoms with Crippen molar-refractivity contribution in [3.8, 4) is 0 Å². The van der Waals surface area contributed by atoms with Crippen molar-refractivity contribution in [2.75, 3.05) is 6.54 Å². The number of sulfonamides is 1. The highest BCUT2D eigenvalue weighted by atomic mass is 32.2. The van der Waals surface area contributed by atoms with Crippen LogP contribution in [0.3, 0.4) is 0 Å². The van der Waals surface area contributed by atoms with Crippen molar-refractivity contribution < 1.29 is 13.2 Å². The first-order valence-corrected chi connectivity index (χ1v) is 10.3. The fourth-order valence-electron chi connectivity index (χ4n) is 3.21. The molecule has 0 atom stereocenters. The van der Waals surface area contributed by atoms with Gasteiger partial charge >= 0.3 is 0 Å². The molecule has 0 aliphatic carbocycles. The van der Waals surface area contributed by atoms with Gasteiger partial charge in [0.2, 0.25) is 15.9 Å². The van der Waals surface area contributed by atoms with Crippen molar-refractivity contribution in [2.24, 2.45) is 0 Å². The molecule has 1 fully saturated rings. The average molecular weight is 372 g/mol. The summed E-state index contributed by atoms with van der Waals surface area (Å²) < 4.78 is 28.1.